The van der Waals surface area contributed by atoms with Crippen LogP contribution >= 0.6 is 11.6 Å². The van der Waals surface area contributed by atoms with Gasteiger partial charge in [-0.2, -0.15) is 5.10 Å². The average molecular weight is 293 g/mol. The molecule has 0 atom stereocenters. The Balaban J connectivity index is 2.16. The summed E-state index contributed by atoms with van der Waals surface area (Å²) in [4.78, 5) is 11.9. The van der Waals surface area contributed by atoms with E-state index in [2.05, 4.69) is 22.7 Å². The van der Waals surface area contributed by atoms with Crippen LogP contribution in [0.1, 0.15) is 13.3 Å². The van der Waals surface area contributed by atoms with Crippen LogP contribution in [0.25, 0.3) is 5.69 Å². The molecule has 20 heavy (non-hydrogen) atoms. The van der Waals surface area contributed by atoms with Crippen molar-refractivity contribution in [2.75, 3.05) is 18.4 Å². The molecule has 0 aliphatic heterocycles. The third-order valence-corrected chi connectivity index (χ3v) is 3.01. The van der Waals surface area contributed by atoms with Crippen molar-refractivity contribution in [2.45, 2.75) is 13.3 Å². The van der Waals surface area contributed by atoms with Crippen LogP contribution in [-0.2, 0) is 4.79 Å². The zero-order valence-electron chi connectivity index (χ0n) is 11.3. The van der Waals surface area contributed by atoms with E-state index in [0.29, 0.717) is 16.4 Å². The molecule has 0 bridgehead atoms. The lowest BCUT2D eigenvalue weighted by molar-refractivity contribution is -0.115. The molecule has 2 aromatic rings. The summed E-state index contributed by atoms with van der Waals surface area (Å²) in [6.07, 6.45) is 4.44. The fourth-order valence-electron chi connectivity index (χ4n) is 1.82. The van der Waals surface area contributed by atoms with Crippen molar-refractivity contribution in [3.8, 4) is 5.69 Å². The molecule has 2 N–H and O–H groups in total. The molecule has 1 aromatic heterocycles. The van der Waals surface area contributed by atoms with Crippen molar-refractivity contribution >= 4 is 23.2 Å². The normalized spacial score (nSPS) is 10.5. The molecule has 5 nitrogen and oxygen atoms in total. The summed E-state index contributed by atoms with van der Waals surface area (Å²) in [5, 5.41) is 10.6. The molecule has 1 aromatic carbocycles. The van der Waals surface area contributed by atoms with Crippen molar-refractivity contribution in [2.24, 2.45) is 0 Å². The van der Waals surface area contributed by atoms with E-state index in [-0.39, 0.29) is 12.5 Å². The molecule has 0 unspecified atom stereocenters. The topological polar surface area (TPSA) is 59.0 Å². The van der Waals surface area contributed by atoms with Crippen molar-refractivity contribution in [1.29, 1.82) is 0 Å². The second-order valence-corrected chi connectivity index (χ2v) is 4.72. The Morgan fingerprint density at radius 2 is 2.25 bits per heavy atom. The predicted octanol–water partition coefficient (Wildman–Crippen LogP) is 2.46. The van der Waals surface area contributed by atoms with Gasteiger partial charge in [0.1, 0.15) is 5.69 Å². The predicted molar refractivity (Wildman–Crippen MR) is 80.4 cm³/mol. The Kier molecular flexibility index (Phi) is 5.15. The lowest BCUT2D eigenvalue weighted by Gasteiger charge is -2.13. The van der Waals surface area contributed by atoms with Crippen LogP contribution in [0.5, 0.6) is 0 Å². The number of amides is 1. The van der Waals surface area contributed by atoms with Crippen molar-refractivity contribution in [1.82, 2.24) is 15.1 Å². The lowest BCUT2D eigenvalue weighted by Crippen LogP contribution is -2.28. The van der Waals surface area contributed by atoms with Gasteiger partial charge in [-0.1, -0.05) is 24.6 Å². The summed E-state index contributed by atoms with van der Waals surface area (Å²) >= 11 is 6.20. The number of hydrogen-bond donors (Lipinski definition) is 2. The second-order valence-electron chi connectivity index (χ2n) is 4.31. The van der Waals surface area contributed by atoms with Gasteiger partial charge in [0.25, 0.3) is 0 Å². The quantitative estimate of drug-likeness (QED) is 0.804. The van der Waals surface area contributed by atoms with Gasteiger partial charge >= 0.3 is 0 Å². The first-order chi connectivity index (χ1) is 9.72. The van der Waals surface area contributed by atoms with Crippen LogP contribution < -0.4 is 10.6 Å². The molecule has 1 heterocycles. The van der Waals surface area contributed by atoms with Crippen LogP contribution in [0.15, 0.2) is 36.7 Å². The minimum absolute atomic E-state index is 0.103. The maximum Gasteiger partial charge on any atom is 0.238 e. The molecule has 2 rings (SSSR count). The Bertz CT molecular complexity index is 569. The molecule has 0 fully saturated rings. The molecule has 0 radical (unpaired) electrons. The molecule has 6 heteroatoms. The first-order valence-electron chi connectivity index (χ1n) is 6.51. The first-order valence-corrected chi connectivity index (χ1v) is 6.89. The number of carbonyl (C=O) groups is 1. The highest BCUT2D eigenvalue weighted by Crippen LogP contribution is 2.27. The highest BCUT2D eigenvalue weighted by Gasteiger charge is 2.11. The molecule has 0 aliphatic carbocycles. The maximum atomic E-state index is 11.9. The van der Waals surface area contributed by atoms with Crippen LogP contribution in [-0.4, -0.2) is 28.8 Å². The van der Waals surface area contributed by atoms with Gasteiger partial charge < -0.3 is 10.6 Å². The van der Waals surface area contributed by atoms with E-state index in [1.165, 1.54) is 0 Å². The van der Waals surface area contributed by atoms with Crippen molar-refractivity contribution in [3.05, 3.63) is 41.7 Å². The molecule has 0 aliphatic rings. The number of aromatic nitrogens is 2. The molecule has 0 spiro atoms. The second kappa shape index (κ2) is 7.07. The summed E-state index contributed by atoms with van der Waals surface area (Å²) in [5.74, 6) is -0.103. The van der Waals surface area contributed by atoms with Crippen LogP contribution in [0, 0.1) is 0 Å². The number of para-hydroxylation sites is 1. The molecular formula is C14H17ClN4O. The van der Waals surface area contributed by atoms with Crippen molar-refractivity contribution < 1.29 is 4.79 Å². The fraction of sp³-hybridized carbons (Fsp3) is 0.286. The summed E-state index contributed by atoms with van der Waals surface area (Å²) in [5.41, 5.74) is 1.31. The third kappa shape index (κ3) is 3.59. The number of carbonyl (C=O) groups excluding carboxylic acids is 1. The Morgan fingerprint density at radius 1 is 1.40 bits per heavy atom. The molecule has 1 amide bonds. The Hall–Kier alpha value is -1.85. The van der Waals surface area contributed by atoms with Gasteiger partial charge in [0.05, 0.1) is 17.3 Å². The minimum Gasteiger partial charge on any atom is -0.323 e. The van der Waals surface area contributed by atoms with Crippen molar-refractivity contribution in [3.63, 3.8) is 0 Å². The summed E-state index contributed by atoms with van der Waals surface area (Å²) in [6, 6.07) is 7.17. The molecular weight excluding hydrogens is 276 g/mol. The highest BCUT2D eigenvalue weighted by molar-refractivity contribution is 6.33. The smallest absolute Gasteiger partial charge is 0.238 e. The summed E-state index contributed by atoms with van der Waals surface area (Å²) < 4.78 is 1.64. The van der Waals surface area contributed by atoms with Crippen LogP contribution in [0.2, 0.25) is 5.02 Å². The zero-order valence-corrected chi connectivity index (χ0v) is 12.0. The average Bonchev–Trinajstić information content (AvgIpc) is 2.93. The van der Waals surface area contributed by atoms with E-state index >= 15 is 0 Å². The van der Waals surface area contributed by atoms with E-state index in [9.17, 15) is 4.79 Å². The van der Waals surface area contributed by atoms with Crippen LogP contribution in [0.3, 0.4) is 0 Å². The van der Waals surface area contributed by atoms with E-state index in [1.54, 1.807) is 41.3 Å². The fourth-order valence-corrected chi connectivity index (χ4v) is 2.08. The van der Waals surface area contributed by atoms with Gasteiger partial charge in [-0.25, -0.2) is 4.68 Å². The number of benzene rings is 1. The minimum atomic E-state index is -0.103. The zero-order chi connectivity index (χ0) is 14.4. The van der Waals surface area contributed by atoms with E-state index in [4.69, 9.17) is 11.6 Å². The van der Waals surface area contributed by atoms with Gasteiger partial charge in [-0.15, -0.1) is 0 Å². The monoisotopic (exact) mass is 292 g/mol. The molecule has 106 valence electrons. The lowest BCUT2D eigenvalue weighted by atomic mass is 10.2. The number of halogens is 1. The largest absolute Gasteiger partial charge is 0.323 e. The SMILES string of the molecule is CCCNCC(=O)Nc1cccc(Cl)c1-n1cccn1. The summed E-state index contributed by atoms with van der Waals surface area (Å²) in [6.45, 7) is 3.14. The van der Waals surface area contributed by atoms with Crippen LogP contribution in [0.4, 0.5) is 5.69 Å². The molecule has 0 saturated carbocycles. The Morgan fingerprint density at radius 3 is 2.95 bits per heavy atom. The first kappa shape index (κ1) is 14.6. The van der Waals surface area contributed by atoms with Gasteiger partial charge in [0.2, 0.25) is 5.91 Å². The third-order valence-electron chi connectivity index (χ3n) is 2.71. The molecule has 0 saturated heterocycles. The number of nitrogens with zero attached hydrogens (tertiary/aromatic N) is 2. The Labute approximate surface area is 122 Å². The maximum absolute atomic E-state index is 11.9. The van der Waals surface area contributed by atoms with Gasteiger partial charge in [-0.05, 0) is 31.2 Å². The van der Waals surface area contributed by atoms with E-state index < -0.39 is 0 Å². The number of nitrogens with one attached hydrogen (secondary N) is 2. The van der Waals surface area contributed by atoms with E-state index in [0.717, 1.165) is 13.0 Å². The number of hydrogen-bond acceptors (Lipinski definition) is 3. The number of anilines is 1. The van der Waals surface area contributed by atoms with Gasteiger partial charge in [-0.3, -0.25) is 4.79 Å². The van der Waals surface area contributed by atoms with Gasteiger partial charge in [0, 0.05) is 12.4 Å². The van der Waals surface area contributed by atoms with Gasteiger partial charge in [0.15, 0.2) is 0 Å². The number of rotatable bonds is 6. The standard InChI is InChI=1S/C14H17ClN4O/c1-2-7-16-10-13(20)18-12-6-3-5-11(15)14(12)19-9-4-8-17-19/h3-6,8-9,16H,2,7,10H2,1H3,(H,18,20). The highest BCUT2D eigenvalue weighted by atomic mass is 35.5. The van der Waals surface area contributed by atoms with E-state index in [1.807, 2.05) is 0 Å². The summed E-state index contributed by atoms with van der Waals surface area (Å²) in [7, 11) is 0.